The molecule has 5 rings (SSSR count). The van der Waals surface area contributed by atoms with Gasteiger partial charge >= 0.3 is 17.9 Å². The van der Waals surface area contributed by atoms with Gasteiger partial charge in [0.2, 0.25) is 10.0 Å². The molecule has 0 atom stereocenters. The van der Waals surface area contributed by atoms with E-state index < -0.39 is 52.0 Å². The summed E-state index contributed by atoms with van der Waals surface area (Å²) in [6.07, 6.45) is 2.03. The normalized spacial score (nSPS) is 18.1. The van der Waals surface area contributed by atoms with Crippen LogP contribution in [0.4, 0.5) is 5.69 Å². The van der Waals surface area contributed by atoms with Gasteiger partial charge in [0.25, 0.3) is 5.91 Å². The molecule has 0 bridgehead atoms. The van der Waals surface area contributed by atoms with Crippen LogP contribution < -0.4 is 14.8 Å². The second-order valence-electron chi connectivity index (χ2n) is 10.4. The third-order valence-corrected chi connectivity index (χ3v) is 10.1. The van der Waals surface area contributed by atoms with E-state index >= 15 is 0 Å². The fourth-order valence-electron chi connectivity index (χ4n) is 5.19. The highest BCUT2D eigenvalue weighted by atomic mass is 32.2. The van der Waals surface area contributed by atoms with E-state index in [1.807, 2.05) is 11.0 Å². The second kappa shape index (κ2) is 11.9. The van der Waals surface area contributed by atoms with Gasteiger partial charge in [0.15, 0.2) is 5.60 Å². The molecule has 16 heteroatoms. The first-order valence-corrected chi connectivity index (χ1v) is 15.3. The summed E-state index contributed by atoms with van der Waals surface area (Å²) in [4.78, 5) is 47.6. The van der Waals surface area contributed by atoms with Gasteiger partial charge in [-0.2, -0.15) is 4.72 Å². The van der Waals surface area contributed by atoms with Crippen molar-refractivity contribution < 1.29 is 52.8 Å². The number of carboxylic acids is 3. The van der Waals surface area contributed by atoms with Crippen molar-refractivity contribution in [3.05, 3.63) is 39.6 Å². The molecule has 0 saturated carbocycles. The third kappa shape index (κ3) is 6.67. The Bertz CT molecular complexity index is 1470. The number of rotatable bonds is 7. The van der Waals surface area contributed by atoms with Gasteiger partial charge in [0.1, 0.15) is 16.3 Å². The number of fused-ring (bicyclic) bond motifs is 2. The first kappa shape index (κ1) is 31.2. The van der Waals surface area contributed by atoms with E-state index in [0.29, 0.717) is 37.4 Å². The highest BCUT2D eigenvalue weighted by molar-refractivity contribution is 7.89. The summed E-state index contributed by atoms with van der Waals surface area (Å²) >= 11 is 1.61. The molecule has 14 nitrogen and oxygen atoms in total. The van der Waals surface area contributed by atoms with Crippen molar-refractivity contribution in [3.8, 4) is 5.75 Å². The molecule has 2 aliphatic heterocycles. The number of aryl methyl sites for hydroxylation is 2. The Labute approximate surface area is 245 Å². The fourth-order valence-corrected chi connectivity index (χ4v) is 7.93. The summed E-state index contributed by atoms with van der Waals surface area (Å²) in [5, 5.41) is 37.2. The smallest absolute Gasteiger partial charge is 0.336 e. The quantitative estimate of drug-likeness (QED) is 0.257. The maximum atomic E-state index is 12.9. The molecule has 2 aromatic rings. The van der Waals surface area contributed by atoms with Crippen molar-refractivity contribution in [2.24, 2.45) is 0 Å². The number of nitrogens with one attached hydrogen (secondary N) is 2. The Kier molecular flexibility index (Phi) is 8.82. The van der Waals surface area contributed by atoms with Gasteiger partial charge in [-0.1, -0.05) is 0 Å². The van der Waals surface area contributed by atoms with E-state index in [4.69, 9.17) is 25.2 Å². The molecule has 1 aromatic carbocycles. The number of benzene rings is 1. The lowest BCUT2D eigenvalue weighted by molar-refractivity contribution is -0.170. The molecule has 6 N–H and O–H groups in total. The van der Waals surface area contributed by atoms with Crippen LogP contribution in [0.25, 0.3) is 0 Å². The zero-order valence-corrected chi connectivity index (χ0v) is 24.2. The van der Waals surface area contributed by atoms with Crippen LogP contribution in [0.1, 0.15) is 52.2 Å². The van der Waals surface area contributed by atoms with Crippen molar-refractivity contribution in [1.29, 1.82) is 0 Å². The van der Waals surface area contributed by atoms with Gasteiger partial charge in [-0.3, -0.25) is 14.4 Å². The SMILES string of the molecule is COc1ccc2c(c1)NC1(CCN(C(=O)c3cc4c(s3)CCC4)CC1)NS2(=O)=O.O=C(O)CC(O)(CC(=O)O)C(=O)O. The van der Waals surface area contributed by atoms with E-state index in [2.05, 4.69) is 10.0 Å². The van der Waals surface area contributed by atoms with Crippen molar-refractivity contribution in [1.82, 2.24) is 9.62 Å². The predicted molar refractivity (Wildman–Crippen MR) is 148 cm³/mol. The highest BCUT2D eigenvalue weighted by Gasteiger charge is 2.44. The Balaban J connectivity index is 0.000000266. The van der Waals surface area contributed by atoms with Crippen LogP contribution in [0, 0.1) is 0 Å². The number of hydrogen-bond acceptors (Lipinski definition) is 10. The molecule has 1 fully saturated rings. The third-order valence-electron chi connectivity index (χ3n) is 7.33. The molecule has 1 amide bonds. The molecule has 42 heavy (non-hydrogen) atoms. The first-order chi connectivity index (χ1) is 19.7. The monoisotopic (exact) mass is 625 g/mol. The number of carboxylic acid groups (broad SMARTS) is 3. The molecule has 3 aliphatic rings. The van der Waals surface area contributed by atoms with E-state index in [-0.39, 0.29) is 10.8 Å². The summed E-state index contributed by atoms with van der Waals surface area (Å²) in [6.45, 7) is 0.993. The second-order valence-corrected chi connectivity index (χ2v) is 13.1. The van der Waals surface area contributed by atoms with Crippen LogP contribution in [0.2, 0.25) is 0 Å². The van der Waals surface area contributed by atoms with Gasteiger partial charge in [0, 0.05) is 36.9 Å². The Morgan fingerprint density at radius 2 is 1.69 bits per heavy atom. The number of carbonyl (C=O) groups is 4. The molecule has 228 valence electrons. The minimum atomic E-state index is -3.63. The maximum Gasteiger partial charge on any atom is 0.336 e. The molecule has 1 spiro atoms. The number of aliphatic carboxylic acids is 3. The number of carbonyl (C=O) groups excluding carboxylic acids is 1. The Morgan fingerprint density at radius 3 is 2.24 bits per heavy atom. The zero-order valence-electron chi connectivity index (χ0n) is 22.6. The summed E-state index contributed by atoms with van der Waals surface area (Å²) in [6, 6.07) is 6.94. The Morgan fingerprint density at radius 1 is 1.05 bits per heavy atom. The number of methoxy groups -OCH3 is 1. The van der Waals surface area contributed by atoms with Gasteiger partial charge in [-0.15, -0.1) is 11.3 Å². The standard InChI is InChI=1S/C20H23N3O4S2.C6H8O7/c1-27-14-5-6-18-15(12-14)21-20(22-29(18,25)26)7-9-23(10-8-20)19(24)17-11-13-3-2-4-16(13)28-17;7-3(8)1-6(13,5(11)12)2-4(9)10/h5-6,11-12,21-22H,2-4,7-10H2,1H3;13H,1-2H2,(H,7,8)(H,9,10)(H,11,12). The average Bonchev–Trinajstić information content (AvgIpc) is 3.50. The lowest BCUT2D eigenvalue weighted by Crippen LogP contribution is -2.62. The van der Waals surface area contributed by atoms with Crippen LogP contribution in [-0.4, -0.2) is 89.0 Å². The highest BCUT2D eigenvalue weighted by Crippen LogP contribution is 2.38. The number of hydrogen-bond donors (Lipinski definition) is 6. The first-order valence-electron chi connectivity index (χ1n) is 13.0. The number of piperidine rings is 1. The van der Waals surface area contributed by atoms with Gasteiger partial charge in [0.05, 0.1) is 30.5 Å². The van der Waals surface area contributed by atoms with Gasteiger partial charge in [-0.25, -0.2) is 13.2 Å². The van der Waals surface area contributed by atoms with Crippen molar-refractivity contribution in [2.45, 2.75) is 61.1 Å². The van der Waals surface area contributed by atoms with Crippen molar-refractivity contribution in [2.75, 3.05) is 25.5 Å². The van der Waals surface area contributed by atoms with E-state index in [1.165, 1.54) is 16.9 Å². The van der Waals surface area contributed by atoms with Gasteiger partial charge < -0.3 is 35.4 Å². The zero-order chi connectivity index (χ0) is 30.9. The minimum Gasteiger partial charge on any atom is -0.497 e. The fraction of sp³-hybridized carbons (Fsp3) is 0.462. The topological polar surface area (TPSA) is 220 Å². The maximum absolute atomic E-state index is 12.9. The molecule has 1 aromatic heterocycles. The number of ether oxygens (including phenoxy) is 1. The molecule has 3 heterocycles. The molecule has 1 saturated heterocycles. The predicted octanol–water partition coefficient (Wildman–Crippen LogP) is 1.33. The van der Waals surface area contributed by atoms with Crippen LogP contribution >= 0.6 is 11.3 Å². The van der Waals surface area contributed by atoms with Gasteiger partial charge in [-0.05, 0) is 43.0 Å². The van der Waals surface area contributed by atoms with E-state index in [1.54, 1.807) is 36.6 Å². The minimum absolute atomic E-state index is 0.0555. The van der Waals surface area contributed by atoms with E-state index in [0.717, 1.165) is 17.7 Å². The summed E-state index contributed by atoms with van der Waals surface area (Å²) in [5.41, 5.74) is -1.67. The number of thiophene rings is 1. The van der Waals surface area contributed by atoms with E-state index in [9.17, 15) is 27.6 Å². The lowest BCUT2D eigenvalue weighted by Gasteiger charge is -2.45. The summed E-state index contributed by atoms with van der Waals surface area (Å²) in [7, 11) is -2.08. The number of anilines is 1. The molecule has 1 aliphatic carbocycles. The number of amides is 1. The summed E-state index contributed by atoms with van der Waals surface area (Å²) < 4.78 is 33.6. The summed E-state index contributed by atoms with van der Waals surface area (Å²) in [5.74, 6) is -4.36. The number of aliphatic hydroxyl groups is 1. The van der Waals surface area contributed by atoms with Crippen LogP contribution in [0.5, 0.6) is 5.75 Å². The van der Waals surface area contributed by atoms with Crippen LogP contribution in [0.3, 0.4) is 0 Å². The lowest BCUT2D eigenvalue weighted by atomic mass is 9.96. The number of sulfonamides is 1. The van der Waals surface area contributed by atoms with Crippen LogP contribution in [0.15, 0.2) is 29.2 Å². The average molecular weight is 626 g/mol. The largest absolute Gasteiger partial charge is 0.497 e. The van der Waals surface area contributed by atoms with Crippen molar-refractivity contribution in [3.63, 3.8) is 0 Å². The van der Waals surface area contributed by atoms with Crippen molar-refractivity contribution >= 4 is 50.9 Å². The van der Waals surface area contributed by atoms with Crippen LogP contribution in [-0.2, 0) is 37.2 Å². The number of nitrogens with zero attached hydrogens (tertiary/aromatic N) is 1. The molecule has 0 radical (unpaired) electrons. The molecular weight excluding hydrogens is 594 g/mol. The number of likely N-dealkylation sites (tertiary alicyclic amines) is 1. The molecular formula is C26H31N3O11S2. The Hall–Kier alpha value is -3.73. The molecule has 0 unspecified atom stereocenters.